The van der Waals surface area contributed by atoms with Crippen LogP contribution >= 0.6 is 22.9 Å². The highest BCUT2D eigenvalue weighted by Gasteiger charge is 2.21. The van der Waals surface area contributed by atoms with Gasteiger partial charge in [0.15, 0.2) is 0 Å². The van der Waals surface area contributed by atoms with Gasteiger partial charge in [0, 0.05) is 21.3 Å². The maximum Gasteiger partial charge on any atom is 0.263 e. The van der Waals surface area contributed by atoms with E-state index in [0.717, 1.165) is 4.88 Å². The standard InChI is InChI=1S/C13H15ClN2O3S2/c1-8-13(6-10(7-15)20-8)21(17,18)16-11-5-9(14)3-4-12(11)19-2/h3-6,16H,7,15H2,1-2H3. The van der Waals surface area contributed by atoms with E-state index in [1.807, 2.05) is 0 Å². The number of nitrogens with two attached hydrogens (primary N) is 1. The summed E-state index contributed by atoms with van der Waals surface area (Å²) in [4.78, 5) is 1.71. The molecule has 3 N–H and O–H groups in total. The third-order valence-corrected chi connectivity index (χ3v) is 5.75. The van der Waals surface area contributed by atoms with Gasteiger partial charge in [0.25, 0.3) is 10.0 Å². The highest BCUT2D eigenvalue weighted by atomic mass is 35.5. The van der Waals surface area contributed by atoms with Crippen molar-refractivity contribution in [3.63, 3.8) is 0 Å². The van der Waals surface area contributed by atoms with Gasteiger partial charge in [0.05, 0.1) is 12.8 Å². The highest BCUT2D eigenvalue weighted by Crippen LogP contribution is 2.32. The number of aryl methyl sites for hydroxylation is 1. The molecule has 1 heterocycles. The number of halogens is 1. The Labute approximate surface area is 132 Å². The molecule has 0 aliphatic carbocycles. The smallest absolute Gasteiger partial charge is 0.263 e. The molecule has 2 rings (SSSR count). The van der Waals surface area contributed by atoms with E-state index in [1.54, 1.807) is 25.1 Å². The lowest BCUT2D eigenvalue weighted by Gasteiger charge is -2.12. The number of hydrogen-bond acceptors (Lipinski definition) is 5. The van der Waals surface area contributed by atoms with Gasteiger partial charge in [-0.25, -0.2) is 8.42 Å². The van der Waals surface area contributed by atoms with E-state index in [4.69, 9.17) is 22.1 Å². The lowest BCUT2D eigenvalue weighted by Crippen LogP contribution is -2.14. The van der Waals surface area contributed by atoms with Gasteiger partial charge in [-0.05, 0) is 31.2 Å². The number of benzene rings is 1. The molecule has 0 spiro atoms. The average molecular weight is 347 g/mol. The van der Waals surface area contributed by atoms with Crippen LogP contribution in [0.15, 0.2) is 29.2 Å². The minimum atomic E-state index is -3.72. The molecule has 0 saturated heterocycles. The van der Waals surface area contributed by atoms with Crippen LogP contribution in [0.3, 0.4) is 0 Å². The van der Waals surface area contributed by atoms with E-state index in [9.17, 15) is 8.42 Å². The maximum atomic E-state index is 12.5. The quantitative estimate of drug-likeness (QED) is 0.872. The predicted octanol–water partition coefficient (Wildman–Crippen LogP) is 2.98. The Morgan fingerprint density at radius 3 is 2.67 bits per heavy atom. The number of anilines is 1. The van der Waals surface area contributed by atoms with Crippen molar-refractivity contribution in [1.29, 1.82) is 0 Å². The Hall–Kier alpha value is -1.28. The van der Waals surface area contributed by atoms with Gasteiger partial charge in [-0.15, -0.1) is 11.3 Å². The third-order valence-electron chi connectivity index (χ3n) is 2.82. The number of nitrogens with one attached hydrogen (secondary N) is 1. The first-order valence-electron chi connectivity index (χ1n) is 6.03. The third kappa shape index (κ3) is 3.49. The zero-order valence-corrected chi connectivity index (χ0v) is 13.9. The zero-order chi connectivity index (χ0) is 15.6. The fourth-order valence-corrected chi connectivity index (χ4v) is 4.60. The second-order valence-electron chi connectivity index (χ2n) is 4.29. The van der Waals surface area contributed by atoms with Crippen molar-refractivity contribution in [3.05, 3.63) is 39.0 Å². The molecule has 0 aliphatic rings. The minimum absolute atomic E-state index is 0.218. The molecule has 1 aromatic carbocycles. The van der Waals surface area contributed by atoms with Gasteiger partial charge in [-0.1, -0.05) is 11.6 Å². The van der Waals surface area contributed by atoms with Crippen molar-refractivity contribution in [2.24, 2.45) is 5.73 Å². The molecule has 0 fully saturated rings. The summed E-state index contributed by atoms with van der Waals surface area (Å²) >= 11 is 7.27. The van der Waals surface area contributed by atoms with Gasteiger partial charge < -0.3 is 10.5 Å². The number of sulfonamides is 1. The Kier molecular flexibility index (Phi) is 4.77. The SMILES string of the molecule is COc1ccc(Cl)cc1NS(=O)(=O)c1cc(CN)sc1C. The summed E-state index contributed by atoms with van der Waals surface area (Å²) in [5.41, 5.74) is 5.85. The number of hydrogen-bond donors (Lipinski definition) is 2. The lowest BCUT2D eigenvalue weighted by molar-refractivity contribution is 0.417. The summed E-state index contributed by atoms with van der Waals surface area (Å²) < 4.78 is 32.6. The van der Waals surface area contributed by atoms with E-state index < -0.39 is 10.0 Å². The Morgan fingerprint density at radius 1 is 1.38 bits per heavy atom. The molecule has 8 heteroatoms. The Balaban J connectivity index is 2.41. The molecule has 0 bridgehead atoms. The summed E-state index contributed by atoms with van der Waals surface area (Å²) in [5, 5.41) is 0.415. The van der Waals surface area contributed by atoms with Crippen LogP contribution in [-0.4, -0.2) is 15.5 Å². The van der Waals surface area contributed by atoms with Crippen molar-refractivity contribution in [3.8, 4) is 5.75 Å². The molecule has 0 aliphatic heterocycles. The number of thiophene rings is 1. The van der Waals surface area contributed by atoms with Crippen molar-refractivity contribution < 1.29 is 13.2 Å². The van der Waals surface area contributed by atoms with Crippen molar-refractivity contribution in [2.75, 3.05) is 11.8 Å². The fraction of sp³-hybridized carbons (Fsp3) is 0.231. The highest BCUT2D eigenvalue weighted by molar-refractivity contribution is 7.93. The first-order chi connectivity index (χ1) is 9.87. The van der Waals surface area contributed by atoms with E-state index >= 15 is 0 Å². The Bertz CT molecular complexity index is 757. The summed E-state index contributed by atoms with van der Waals surface area (Å²) in [6.45, 7) is 2.05. The molecular weight excluding hydrogens is 332 g/mol. The molecule has 0 saturated carbocycles. The largest absolute Gasteiger partial charge is 0.495 e. The molecule has 114 valence electrons. The molecular formula is C13H15ClN2O3S2. The summed E-state index contributed by atoms with van der Waals surface area (Å²) in [7, 11) is -2.25. The van der Waals surface area contributed by atoms with Crippen LogP contribution in [-0.2, 0) is 16.6 Å². The predicted molar refractivity (Wildman–Crippen MR) is 85.8 cm³/mol. The van der Waals surface area contributed by atoms with E-state index in [-0.39, 0.29) is 4.90 Å². The first-order valence-corrected chi connectivity index (χ1v) is 8.71. The van der Waals surface area contributed by atoms with Crippen LogP contribution in [0.5, 0.6) is 5.75 Å². The van der Waals surface area contributed by atoms with Gasteiger partial charge in [0.1, 0.15) is 10.6 Å². The molecule has 0 amide bonds. The van der Waals surface area contributed by atoms with E-state index in [1.165, 1.54) is 24.5 Å². The second kappa shape index (κ2) is 6.23. The van der Waals surface area contributed by atoms with Crippen LogP contribution in [0.1, 0.15) is 9.75 Å². The van der Waals surface area contributed by atoms with Crippen molar-refractivity contribution in [2.45, 2.75) is 18.4 Å². The summed E-state index contributed by atoms with van der Waals surface area (Å²) in [6.07, 6.45) is 0. The van der Waals surface area contributed by atoms with Crippen LogP contribution in [0, 0.1) is 6.92 Å². The van der Waals surface area contributed by atoms with Crippen LogP contribution in [0.2, 0.25) is 5.02 Å². The minimum Gasteiger partial charge on any atom is -0.495 e. The summed E-state index contributed by atoms with van der Waals surface area (Å²) in [6, 6.07) is 6.31. The normalized spacial score (nSPS) is 11.4. The van der Waals surface area contributed by atoms with Crippen LogP contribution in [0.25, 0.3) is 0 Å². The van der Waals surface area contributed by atoms with Gasteiger partial charge in [-0.3, -0.25) is 4.72 Å². The second-order valence-corrected chi connectivity index (χ2v) is 7.72. The number of ether oxygens (including phenoxy) is 1. The number of rotatable bonds is 5. The maximum absolute atomic E-state index is 12.5. The number of methoxy groups -OCH3 is 1. The molecule has 0 radical (unpaired) electrons. The molecule has 0 atom stereocenters. The molecule has 21 heavy (non-hydrogen) atoms. The van der Waals surface area contributed by atoms with E-state index in [2.05, 4.69) is 4.72 Å². The van der Waals surface area contributed by atoms with Gasteiger partial charge in [-0.2, -0.15) is 0 Å². The average Bonchev–Trinajstić information content (AvgIpc) is 2.81. The molecule has 0 unspecified atom stereocenters. The molecule has 1 aromatic heterocycles. The van der Waals surface area contributed by atoms with Gasteiger partial charge >= 0.3 is 0 Å². The van der Waals surface area contributed by atoms with Gasteiger partial charge in [0.2, 0.25) is 0 Å². The Morgan fingerprint density at radius 2 is 2.10 bits per heavy atom. The topological polar surface area (TPSA) is 81.4 Å². The van der Waals surface area contributed by atoms with E-state index in [0.29, 0.717) is 27.9 Å². The van der Waals surface area contributed by atoms with Crippen LogP contribution < -0.4 is 15.2 Å². The fourth-order valence-electron chi connectivity index (χ4n) is 1.85. The van der Waals surface area contributed by atoms with Crippen molar-refractivity contribution >= 4 is 38.6 Å². The zero-order valence-electron chi connectivity index (χ0n) is 11.5. The summed E-state index contributed by atoms with van der Waals surface area (Å²) in [5.74, 6) is 0.398. The molecule has 5 nitrogen and oxygen atoms in total. The molecule has 2 aromatic rings. The van der Waals surface area contributed by atoms with Crippen molar-refractivity contribution in [1.82, 2.24) is 0 Å². The monoisotopic (exact) mass is 346 g/mol. The first kappa shape index (κ1) is 16.1. The lowest BCUT2D eigenvalue weighted by atomic mass is 10.3. The van der Waals surface area contributed by atoms with Crippen LogP contribution in [0.4, 0.5) is 5.69 Å².